The lowest BCUT2D eigenvalue weighted by atomic mass is 10.0. The van der Waals surface area contributed by atoms with Gasteiger partial charge in [0.1, 0.15) is 0 Å². The van der Waals surface area contributed by atoms with Crippen LogP contribution in [0.15, 0.2) is 46.8 Å². The minimum atomic E-state index is -3.23. The molecule has 0 atom stereocenters. The third-order valence-electron chi connectivity index (χ3n) is 4.59. The van der Waals surface area contributed by atoms with Gasteiger partial charge >= 0.3 is 0 Å². The van der Waals surface area contributed by atoms with Crippen LogP contribution in [-0.4, -0.2) is 33.8 Å². The lowest BCUT2D eigenvalue weighted by Gasteiger charge is -2.08. The van der Waals surface area contributed by atoms with Crippen LogP contribution in [-0.2, 0) is 16.4 Å². The van der Waals surface area contributed by atoms with Crippen LogP contribution >= 0.6 is 11.5 Å². The highest BCUT2D eigenvalue weighted by atomic mass is 32.2. The maximum atomic E-state index is 11.8. The summed E-state index contributed by atoms with van der Waals surface area (Å²) in [5.41, 5.74) is 5.38. The Morgan fingerprint density at radius 1 is 1.15 bits per heavy atom. The fraction of sp³-hybridized carbons (Fsp3) is 0.211. The number of hydrogen-bond donors (Lipinski definition) is 0. The maximum absolute atomic E-state index is 11.8. The highest BCUT2D eigenvalue weighted by molar-refractivity contribution is 7.90. The van der Waals surface area contributed by atoms with Crippen molar-refractivity contribution < 1.29 is 8.42 Å². The molecule has 0 saturated heterocycles. The van der Waals surface area contributed by atoms with E-state index in [1.165, 1.54) is 17.8 Å². The van der Waals surface area contributed by atoms with Gasteiger partial charge in [0, 0.05) is 34.8 Å². The van der Waals surface area contributed by atoms with Crippen LogP contribution in [0, 0.1) is 6.92 Å². The van der Waals surface area contributed by atoms with Gasteiger partial charge < -0.3 is 0 Å². The molecule has 0 aliphatic carbocycles. The molecule has 3 aromatic heterocycles. The standard InChI is InChI=1S/C19H18N4O2S2/c1-4-23-12(2)18-16(13-5-7-15(8-6-13)27(3,24)25)9-17(21-19(18)22-23)14-10-20-26-11-14/h5-11H,4H2,1-3H3. The van der Waals surface area contributed by atoms with Crippen LogP contribution < -0.4 is 0 Å². The van der Waals surface area contributed by atoms with Crippen LogP contribution in [0.1, 0.15) is 12.6 Å². The molecule has 4 rings (SSSR count). The quantitative estimate of drug-likeness (QED) is 0.520. The van der Waals surface area contributed by atoms with Gasteiger partial charge in [0.25, 0.3) is 0 Å². The number of aromatic nitrogens is 4. The summed E-state index contributed by atoms with van der Waals surface area (Å²) in [5.74, 6) is 0. The Bertz CT molecular complexity index is 1230. The van der Waals surface area contributed by atoms with Gasteiger partial charge in [-0.1, -0.05) is 12.1 Å². The molecule has 0 fully saturated rings. The smallest absolute Gasteiger partial charge is 0.182 e. The molecule has 0 spiro atoms. The van der Waals surface area contributed by atoms with Crippen LogP contribution in [0.25, 0.3) is 33.4 Å². The molecule has 4 aromatic rings. The Kier molecular flexibility index (Phi) is 4.32. The molecule has 0 saturated carbocycles. The SMILES string of the molecule is CCn1nc2nc(-c3cnsc3)cc(-c3ccc(S(C)(=O)=O)cc3)c2c1C. The fourth-order valence-electron chi connectivity index (χ4n) is 3.18. The molecule has 0 radical (unpaired) electrons. The first-order valence-corrected chi connectivity index (χ1v) is 11.2. The second-order valence-corrected chi connectivity index (χ2v) is 9.04. The molecule has 1 aromatic carbocycles. The van der Waals surface area contributed by atoms with E-state index in [9.17, 15) is 8.42 Å². The normalized spacial score (nSPS) is 12.0. The number of fused-ring (bicyclic) bond motifs is 1. The fourth-order valence-corrected chi connectivity index (χ4v) is 4.34. The molecule has 0 bridgehead atoms. The van der Waals surface area contributed by atoms with Gasteiger partial charge in [-0.2, -0.15) is 5.10 Å². The van der Waals surface area contributed by atoms with Crippen LogP contribution in [0.3, 0.4) is 0 Å². The minimum Gasteiger partial charge on any atom is -0.267 e. The highest BCUT2D eigenvalue weighted by Crippen LogP contribution is 2.34. The first-order valence-electron chi connectivity index (χ1n) is 8.47. The van der Waals surface area contributed by atoms with E-state index in [-0.39, 0.29) is 0 Å². The van der Waals surface area contributed by atoms with Gasteiger partial charge in [-0.3, -0.25) is 4.68 Å². The lowest BCUT2D eigenvalue weighted by Crippen LogP contribution is -1.98. The number of hydrogen-bond acceptors (Lipinski definition) is 6. The largest absolute Gasteiger partial charge is 0.267 e. The number of rotatable bonds is 4. The Balaban J connectivity index is 1.98. The van der Waals surface area contributed by atoms with Gasteiger partial charge in [0.05, 0.1) is 16.8 Å². The lowest BCUT2D eigenvalue weighted by molar-refractivity contribution is 0.602. The molecule has 0 aliphatic heterocycles. The van der Waals surface area contributed by atoms with E-state index in [1.54, 1.807) is 18.3 Å². The van der Waals surface area contributed by atoms with E-state index < -0.39 is 9.84 Å². The topological polar surface area (TPSA) is 77.7 Å². The highest BCUT2D eigenvalue weighted by Gasteiger charge is 2.17. The second-order valence-electron chi connectivity index (χ2n) is 6.36. The van der Waals surface area contributed by atoms with Crippen LogP contribution in [0.5, 0.6) is 0 Å². The Labute approximate surface area is 161 Å². The zero-order chi connectivity index (χ0) is 19.2. The van der Waals surface area contributed by atoms with Crippen molar-refractivity contribution in [3.63, 3.8) is 0 Å². The van der Waals surface area contributed by atoms with Crippen molar-refractivity contribution in [2.75, 3.05) is 6.26 Å². The monoisotopic (exact) mass is 398 g/mol. The van der Waals surface area contributed by atoms with Crippen molar-refractivity contribution >= 4 is 32.4 Å². The second kappa shape index (κ2) is 6.54. The average Bonchev–Trinajstić information content (AvgIpc) is 3.29. The number of nitrogens with zero attached hydrogens (tertiary/aromatic N) is 4. The molecule has 138 valence electrons. The average molecular weight is 399 g/mol. The van der Waals surface area contributed by atoms with E-state index in [0.717, 1.165) is 40.0 Å². The molecular weight excluding hydrogens is 380 g/mol. The van der Waals surface area contributed by atoms with Crippen molar-refractivity contribution in [3.05, 3.63) is 47.6 Å². The summed E-state index contributed by atoms with van der Waals surface area (Å²) in [6.45, 7) is 4.83. The van der Waals surface area contributed by atoms with Crippen LogP contribution in [0.4, 0.5) is 0 Å². The minimum absolute atomic E-state index is 0.305. The van der Waals surface area contributed by atoms with Gasteiger partial charge in [-0.05, 0) is 54.7 Å². The van der Waals surface area contributed by atoms with Crippen molar-refractivity contribution in [2.45, 2.75) is 25.3 Å². The first-order chi connectivity index (χ1) is 12.9. The summed E-state index contributed by atoms with van der Waals surface area (Å²) in [7, 11) is -3.23. The van der Waals surface area contributed by atoms with E-state index in [4.69, 9.17) is 4.98 Å². The van der Waals surface area contributed by atoms with Crippen molar-refractivity contribution in [1.82, 2.24) is 19.1 Å². The Morgan fingerprint density at radius 3 is 2.48 bits per heavy atom. The third-order valence-corrected chi connectivity index (χ3v) is 6.30. The molecule has 8 heteroatoms. The van der Waals surface area contributed by atoms with Crippen LogP contribution in [0.2, 0.25) is 0 Å². The Morgan fingerprint density at radius 2 is 1.89 bits per heavy atom. The van der Waals surface area contributed by atoms with Crippen molar-refractivity contribution in [2.24, 2.45) is 0 Å². The number of sulfone groups is 1. The van der Waals surface area contributed by atoms with Gasteiger partial charge in [0.15, 0.2) is 15.5 Å². The van der Waals surface area contributed by atoms with Gasteiger partial charge in [-0.15, -0.1) is 0 Å². The summed E-state index contributed by atoms with van der Waals surface area (Å²) >= 11 is 1.38. The summed E-state index contributed by atoms with van der Waals surface area (Å²) < 4.78 is 29.6. The van der Waals surface area contributed by atoms with Gasteiger partial charge in [0.2, 0.25) is 0 Å². The predicted molar refractivity (Wildman–Crippen MR) is 108 cm³/mol. The first kappa shape index (κ1) is 17.8. The van der Waals surface area contributed by atoms with Gasteiger partial charge in [-0.25, -0.2) is 17.8 Å². The molecule has 0 amide bonds. The molecular formula is C19H18N4O2S2. The van der Waals surface area contributed by atoms with E-state index in [1.807, 2.05) is 42.1 Å². The predicted octanol–water partition coefficient (Wildman–Crippen LogP) is 3.95. The zero-order valence-electron chi connectivity index (χ0n) is 15.2. The van der Waals surface area contributed by atoms with E-state index >= 15 is 0 Å². The molecule has 27 heavy (non-hydrogen) atoms. The summed E-state index contributed by atoms with van der Waals surface area (Å²) in [6, 6.07) is 8.98. The van der Waals surface area contributed by atoms with Crippen molar-refractivity contribution in [3.8, 4) is 22.4 Å². The molecule has 0 unspecified atom stereocenters. The zero-order valence-corrected chi connectivity index (χ0v) is 16.8. The molecule has 3 heterocycles. The Hall–Kier alpha value is -2.58. The van der Waals surface area contributed by atoms with E-state index in [2.05, 4.69) is 9.47 Å². The van der Waals surface area contributed by atoms with E-state index in [0.29, 0.717) is 10.5 Å². The summed E-state index contributed by atoms with van der Waals surface area (Å²) in [5, 5.41) is 7.57. The summed E-state index contributed by atoms with van der Waals surface area (Å²) in [4.78, 5) is 5.03. The molecule has 0 N–H and O–H groups in total. The van der Waals surface area contributed by atoms with Crippen molar-refractivity contribution in [1.29, 1.82) is 0 Å². The molecule has 0 aliphatic rings. The summed E-state index contributed by atoms with van der Waals surface area (Å²) in [6.07, 6.45) is 3.00. The maximum Gasteiger partial charge on any atom is 0.182 e. The number of benzene rings is 1. The number of pyridine rings is 1. The third kappa shape index (κ3) is 3.15. The molecule has 6 nitrogen and oxygen atoms in total. The number of aryl methyl sites for hydroxylation is 2.